The fourth-order valence-electron chi connectivity index (χ4n) is 3.39. The maximum Gasteiger partial charge on any atom is 0.448 e. The number of halogens is 4. The molecule has 1 saturated heterocycles. The molecule has 1 fully saturated rings. The molecule has 31 heavy (non-hydrogen) atoms. The lowest BCUT2D eigenvalue weighted by atomic mass is 10.2. The van der Waals surface area contributed by atoms with Crippen molar-refractivity contribution in [3.63, 3.8) is 0 Å². The molecule has 0 N–H and O–H groups in total. The normalized spacial score (nSPS) is 22.0. The van der Waals surface area contributed by atoms with Crippen LogP contribution >= 0.6 is 11.6 Å². The van der Waals surface area contributed by atoms with Crippen molar-refractivity contribution in [3.8, 4) is 5.75 Å². The Labute approximate surface area is 181 Å². The summed E-state index contributed by atoms with van der Waals surface area (Å²) in [6.07, 6.45) is -6.16. The minimum absolute atomic E-state index is 0.0521. The summed E-state index contributed by atoms with van der Waals surface area (Å²) in [7, 11) is -3.77. The number of anilines is 1. The molecule has 2 aromatic rings. The summed E-state index contributed by atoms with van der Waals surface area (Å²) in [5.74, 6) is 0.167. The van der Waals surface area contributed by atoms with Crippen molar-refractivity contribution < 1.29 is 31.2 Å². The van der Waals surface area contributed by atoms with Gasteiger partial charge in [0.1, 0.15) is 18.2 Å². The first-order valence-corrected chi connectivity index (χ1v) is 11.0. The molecule has 4 rings (SSSR count). The van der Waals surface area contributed by atoms with Gasteiger partial charge in [0.2, 0.25) is 10.0 Å². The number of oxime groups is 1. The van der Waals surface area contributed by atoms with Crippen LogP contribution in [0.3, 0.4) is 0 Å². The van der Waals surface area contributed by atoms with Gasteiger partial charge in [0.05, 0.1) is 17.1 Å². The van der Waals surface area contributed by atoms with E-state index in [4.69, 9.17) is 16.3 Å². The van der Waals surface area contributed by atoms with Gasteiger partial charge in [0, 0.05) is 11.6 Å². The average molecular weight is 476 g/mol. The quantitative estimate of drug-likeness (QED) is 0.657. The Hall–Kier alpha value is -2.50. The maximum absolute atomic E-state index is 13.2. The molecule has 2 atom stereocenters. The first-order valence-electron chi connectivity index (χ1n) is 9.22. The first-order chi connectivity index (χ1) is 14.7. The van der Waals surface area contributed by atoms with E-state index >= 15 is 0 Å². The Kier molecular flexibility index (Phi) is 5.75. The van der Waals surface area contributed by atoms with Gasteiger partial charge in [-0.1, -0.05) is 35.0 Å². The summed E-state index contributed by atoms with van der Waals surface area (Å²) in [6, 6.07) is 12.1. The fraction of sp³-hybridized carbons (Fsp3) is 0.316. The van der Waals surface area contributed by atoms with Gasteiger partial charge < -0.3 is 9.57 Å². The van der Waals surface area contributed by atoms with Gasteiger partial charge in [-0.25, -0.2) is 8.42 Å². The Morgan fingerprint density at radius 1 is 1.16 bits per heavy atom. The zero-order valence-electron chi connectivity index (χ0n) is 15.9. The van der Waals surface area contributed by atoms with Gasteiger partial charge in [-0.15, -0.1) is 0 Å². The molecule has 2 aliphatic heterocycles. The van der Waals surface area contributed by atoms with Crippen LogP contribution in [-0.4, -0.2) is 50.7 Å². The smallest absolute Gasteiger partial charge is 0.448 e. The second-order valence-corrected chi connectivity index (χ2v) is 9.32. The molecule has 0 aliphatic carbocycles. The zero-order chi connectivity index (χ0) is 22.2. The molecule has 7 nitrogen and oxygen atoms in total. The van der Waals surface area contributed by atoms with Crippen molar-refractivity contribution in [3.05, 3.63) is 53.6 Å². The third-order valence-corrected chi connectivity index (χ3v) is 6.94. The molecule has 2 heterocycles. The molecule has 166 valence electrons. The van der Waals surface area contributed by atoms with Crippen molar-refractivity contribution >= 4 is 33.7 Å². The van der Waals surface area contributed by atoms with Gasteiger partial charge in [0.15, 0.2) is 0 Å². The van der Waals surface area contributed by atoms with Gasteiger partial charge in [-0.3, -0.25) is 4.90 Å². The molecule has 12 heteroatoms. The van der Waals surface area contributed by atoms with Gasteiger partial charge in [-0.05, 0) is 36.8 Å². The number of hydrogen-bond acceptors (Lipinski definition) is 6. The second kappa shape index (κ2) is 8.21. The minimum Gasteiger partial charge on any atom is -0.487 e. The van der Waals surface area contributed by atoms with E-state index in [9.17, 15) is 21.6 Å². The molecule has 0 radical (unpaired) electrons. The average Bonchev–Trinajstić information content (AvgIpc) is 3.38. The van der Waals surface area contributed by atoms with Crippen LogP contribution < -0.4 is 9.64 Å². The number of rotatable bonds is 5. The topological polar surface area (TPSA) is 71.4 Å². The highest BCUT2D eigenvalue weighted by Crippen LogP contribution is 2.37. The summed E-state index contributed by atoms with van der Waals surface area (Å²) < 4.78 is 72.6. The Morgan fingerprint density at radius 2 is 1.94 bits per heavy atom. The molecular formula is C19H17ClF3N3O4S. The van der Waals surface area contributed by atoms with Crippen molar-refractivity contribution in [2.24, 2.45) is 5.16 Å². The minimum atomic E-state index is -4.67. The van der Waals surface area contributed by atoms with Crippen LogP contribution in [-0.2, 0) is 14.9 Å². The Bertz CT molecular complexity index is 1100. The number of alkyl halides is 3. The lowest BCUT2D eigenvalue weighted by molar-refractivity contribution is -0.211. The standard InChI is InChI=1S/C19H17ClF3N3O4S/c20-13-4-3-5-15(10-13)31(27,28)25-9-8-14(11-25)29-17-7-2-1-6-16(17)26-12-24-30-18(26)19(21,22)23/h1-7,10,12,14,18H,8-9,11H2. The lowest BCUT2D eigenvalue weighted by Gasteiger charge is -2.26. The predicted molar refractivity (Wildman–Crippen MR) is 108 cm³/mol. The van der Waals surface area contributed by atoms with Crippen LogP contribution in [0.25, 0.3) is 0 Å². The van der Waals surface area contributed by atoms with E-state index in [1.165, 1.54) is 28.6 Å². The zero-order valence-corrected chi connectivity index (χ0v) is 17.4. The highest BCUT2D eigenvalue weighted by atomic mass is 35.5. The highest BCUT2D eigenvalue weighted by molar-refractivity contribution is 7.89. The molecule has 2 aliphatic rings. The summed E-state index contributed by atoms with van der Waals surface area (Å²) in [6.45, 7) is 0.262. The molecule has 0 aromatic heterocycles. The van der Waals surface area contributed by atoms with Crippen molar-refractivity contribution in [1.82, 2.24) is 4.31 Å². The number of benzene rings is 2. The van der Waals surface area contributed by atoms with Crippen molar-refractivity contribution in [2.45, 2.75) is 29.8 Å². The van der Waals surface area contributed by atoms with Crippen LogP contribution in [0.15, 0.2) is 58.6 Å². The number of hydrogen-bond donors (Lipinski definition) is 0. The summed E-state index contributed by atoms with van der Waals surface area (Å²) >= 11 is 5.90. The van der Waals surface area contributed by atoms with E-state index in [1.54, 1.807) is 24.3 Å². The van der Waals surface area contributed by atoms with Crippen LogP contribution in [0.2, 0.25) is 5.02 Å². The first kappa shape index (κ1) is 21.7. The SMILES string of the molecule is O=S(=O)(c1cccc(Cl)c1)N1CCC(Oc2ccccc2N2C=NOC2C(F)(F)F)C1. The maximum atomic E-state index is 13.2. The predicted octanol–water partition coefficient (Wildman–Crippen LogP) is 3.85. The largest absolute Gasteiger partial charge is 0.487 e. The fourth-order valence-corrected chi connectivity index (χ4v) is 5.18. The van der Waals surface area contributed by atoms with E-state index in [-0.39, 0.29) is 29.4 Å². The highest BCUT2D eigenvalue weighted by Gasteiger charge is 2.49. The molecule has 0 saturated carbocycles. The van der Waals surface area contributed by atoms with Gasteiger partial charge in [0.25, 0.3) is 0 Å². The molecule has 0 bridgehead atoms. The Balaban J connectivity index is 1.51. The van der Waals surface area contributed by atoms with E-state index < -0.39 is 28.5 Å². The van der Waals surface area contributed by atoms with E-state index in [1.807, 2.05) is 0 Å². The number of para-hydroxylation sites is 2. The van der Waals surface area contributed by atoms with E-state index in [0.29, 0.717) is 11.4 Å². The third kappa shape index (κ3) is 4.43. The van der Waals surface area contributed by atoms with Crippen LogP contribution in [0, 0.1) is 0 Å². The Morgan fingerprint density at radius 3 is 2.68 bits per heavy atom. The van der Waals surface area contributed by atoms with E-state index in [2.05, 4.69) is 9.99 Å². The van der Waals surface area contributed by atoms with Crippen molar-refractivity contribution in [2.75, 3.05) is 18.0 Å². The molecule has 0 amide bonds. The summed E-state index contributed by atoms with van der Waals surface area (Å²) in [5, 5.41) is 3.58. The van der Waals surface area contributed by atoms with Crippen LogP contribution in [0.5, 0.6) is 5.75 Å². The van der Waals surface area contributed by atoms with Gasteiger partial charge >= 0.3 is 12.4 Å². The lowest BCUT2D eigenvalue weighted by Crippen LogP contribution is -2.43. The molecular weight excluding hydrogens is 459 g/mol. The van der Waals surface area contributed by atoms with Crippen molar-refractivity contribution in [1.29, 1.82) is 0 Å². The number of sulfonamides is 1. The summed E-state index contributed by atoms with van der Waals surface area (Å²) in [4.78, 5) is 5.34. The number of ether oxygens (including phenoxy) is 1. The number of nitrogens with zero attached hydrogens (tertiary/aromatic N) is 3. The monoisotopic (exact) mass is 475 g/mol. The third-order valence-electron chi connectivity index (χ3n) is 4.84. The van der Waals surface area contributed by atoms with Crippen LogP contribution in [0.1, 0.15) is 6.42 Å². The second-order valence-electron chi connectivity index (χ2n) is 6.94. The van der Waals surface area contributed by atoms with Gasteiger partial charge in [-0.2, -0.15) is 17.5 Å². The molecule has 0 spiro atoms. The summed E-state index contributed by atoms with van der Waals surface area (Å²) in [5.41, 5.74) is 0.113. The molecule has 2 aromatic carbocycles. The molecule has 2 unspecified atom stereocenters. The van der Waals surface area contributed by atoms with Crippen LogP contribution in [0.4, 0.5) is 18.9 Å². The van der Waals surface area contributed by atoms with E-state index in [0.717, 1.165) is 11.2 Å².